The van der Waals surface area contributed by atoms with Crippen molar-refractivity contribution in [2.45, 2.75) is 24.3 Å². The summed E-state index contributed by atoms with van der Waals surface area (Å²) in [5.41, 5.74) is 1.81. The fourth-order valence-corrected chi connectivity index (χ4v) is 4.21. The minimum Gasteiger partial charge on any atom is -0.369 e. The Morgan fingerprint density at radius 1 is 1.13 bits per heavy atom. The van der Waals surface area contributed by atoms with E-state index in [0.717, 1.165) is 24.2 Å². The van der Waals surface area contributed by atoms with Crippen molar-refractivity contribution < 1.29 is 8.42 Å². The van der Waals surface area contributed by atoms with Gasteiger partial charge in [0.2, 0.25) is 10.0 Å². The highest BCUT2D eigenvalue weighted by Gasteiger charge is 2.26. The lowest BCUT2D eigenvalue weighted by Crippen LogP contribution is -2.27. The zero-order valence-electron chi connectivity index (χ0n) is 13.1. The van der Waals surface area contributed by atoms with Gasteiger partial charge in [-0.3, -0.25) is 9.97 Å². The molecule has 6 nitrogen and oxygen atoms in total. The second kappa shape index (κ2) is 6.64. The Bertz CT molecular complexity index is 741. The summed E-state index contributed by atoms with van der Waals surface area (Å²) in [5.74, 6) is 0. The number of anilines is 1. The lowest BCUT2D eigenvalue weighted by molar-refractivity contribution is 0.477. The highest BCUT2D eigenvalue weighted by molar-refractivity contribution is 7.89. The molecule has 0 radical (unpaired) electrons. The maximum absolute atomic E-state index is 12.5. The molecule has 0 amide bonds. The van der Waals surface area contributed by atoms with Gasteiger partial charge in [-0.05, 0) is 37.1 Å². The quantitative estimate of drug-likeness (QED) is 0.836. The average molecular weight is 332 g/mol. The number of hydrogen-bond acceptors (Lipinski definition) is 5. The molecule has 1 saturated heterocycles. The largest absolute Gasteiger partial charge is 0.369 e. The average Bonchev–Trinajstić information content (AvgIpc) is 3.11. The van der Waals surface area contributed by atoms with Crippen LogP contribution < -0.4 is 4.90 Å². The van der Waals surface area contributed by atoms with E-state index in [1.165, 1.54) is 0 Å². The van der Waals surface area contributed by atoms with Gasteiger partial charge < -0.3 is 4.90 Å². The van der Waals surface area contributed by atoms with E-state index in [2.05, 4.69) is 9.97 Å². The maximum atomic E-state index is 12.5. The molecule has 7 heteroatoms. The van der Waals surface area contributed by atoms with E-state index in [9.17, 15) is 8.42 Å². The van der Waals surface area contributed by atoms with Gasteiger partial charge in [-0.2, -0.15) is 4.31 Å². The summed E-state index contributed by atoms with van der Waals surface area (Å²) in [6, 6.07) is 7.02. The minimum atomic E-state index is -3.35. The van der Waals surface area contributed by atoms with E-state index in [1.807, 2.05) is 24.1 Å². The molecule has 0 bridgehead atoms. The van der Waals surface area contributed by atoms with Gasteiger partial charge in [-0.15, -0.1) is 0 Å². The van der Waals surface area contributed by atoms with Crippen LogP contribution in [0.15, 0.2) is 47.8 Å². The minimum absolute atomic E-state index is 0.357. The molecule has 0 atom stereocenters. The van der Waals surface area contributed by atoms with Crippen LogP contribution >= 0.6 is 0 Å². The van der Waals surface area contributed by atoms with E-state index >= 15 is 0 Å². The lowest BCUT2D eigenvalue weighted by atomic mass is 10.3. The van der Waals surface area contributed by atoms with E-state index in [1.54, 1.807) is 35.0 Å². The summed E-state index contributed by atoms with van der Waals surface area (Å²) < 4.78 is 26.6. The lowest BCUT2D eigenvalue weighted by Gasteiger charge is -2.20. The molecule has 0 aliphatic carbocycles. The Hall–Kier alpha value is -1.99. The fraction of sp³-hybridized carbons (Fsp3) is 0.375. The smallest absolute Gasteiger partial charge is 0.243 e. The summed E-state index contributed by atoms with van der Waals surface area (Å²) in [6.45, 7) is 1.86. The normalized spacial score (nSPS) is 15.7. The van der Waals surface area contributed by atoms with Crippen molar-refractivity contribution in [3.8, 4) is 0 Å². The first-order valence-corrected chi connectivity index (χ1v) is 9.07. The van der Waals surface area contributed by atoms with Crippen LogP contribution in [0.1, 0.15) is 18.5 Å². The topological polar surface area (TPSA) is 66.4 Å². The summed E-state index contributed by atoms with van der Waals surface area (Å²) in [7, 11) is -1.40. The molecule has 1 aromatic carbocycles. The highest BCUT2D eigenvalue weighted by Crippen LogP contribution is 2.23. The van der Waals surface area contributed by atoms with Crippen LogP contribution in [0.4, 0.5) is 5.69 Å². The predicted molar refractivity (Wildman–Crippen MR) is 88.6 cm³/mol. The fourth-order valence-electron chi connectivity index (χ4n) is 2.70. The second-order valence-electron chi connectivity index (χ2n) is 5.66. The Kier molecular flexibility index (Phi) is 4.58. The third-order valence-electron chi connectivity index (χ3n) is 4.00. The van der Waals surface area contributed by atoms with Crippen LogP contribution in [-0.2, 0) is 16.6 Å². The SMILES string of the molecule is CN(Cc1cnccn1)c1ccc(S(=O)(=O)N2CCCC2)cc1. The summed E-state index contributed by atoms with van der Waals surface area (Å²) >= 11 is 0. The van der Waals surface area contributed by atoms with Crippen molar-refractivity contribution in [3.05, 3.63) is 48.5 Å². The first-order chi connectivity index (χ1) is 11.1. The van der Waals surface area contributed by atoms with Crippen molar-refractivity contribution in [3.63, 3.8) is 0 Å². The predicted octanol–water partition coefficient (Wildman–Crippen LogP) is 1.90. The number of sulfonamides is 1. The number of rotatable bonds is 5. The van der Waals surface area contributed by atoms with Crippen LogP contribution in [0.5, 0.6) is 0 Å². The summed E-state index contributed by atoms with van der Waals surface area (Å²) in [6.07, 6.45) is 6.91. The van der Waals surface area contributed by atoms with Gasteiger partial charge in [0.05, 0.1) is 23.3 Å². The van der Waals surface area contributed by atoms with E-state index in [0.29, 0.717) is 24.5 Å². The van der Waals surface area contributed by atoms with E-state index < -0.39 is 10.0 Å². The third-order valence-corrected chi connectivity index (χ3v) is 5.91. The molecule has 2 aromatic rings. The monoisotopic (exact) mass is 332 g/mol. The highest BCUT2D eigenvalue weighted by atomic mass is 32.2. The molecule has 1 fully saturated rings. The first kappa shape index (κ1) is 15.9. The molecule has 0 saturated carbocycles. The Morgan fingerprint density at radius 3 is 2.43 bits per heavy atom. The third kappa shape index (κ3) is 3.51. The number of benzene rings is 1. The van der Waals surface area contributed by atoms with Crippen molar-refractivity contribution in [1.82, 2.24) is 14.3 Å². The van der Waals surface area contributed by atoms with Gasteiger partial charge >= 0.3 is 0 Å². The molecule has 0 spiro atoms. The second-order valence-corrected chi connectivity index (χ2v) is 7.60. The zero-order chi connectivity index (χ0) is 16.3. The van der Waals surface area contributed by atoms with Gasteiger partial charge in [0.25, 0.3) is 0 Å². The van der Waals surface area contributed by atoms with Crippen molar-refractivity contribution in [2.75, 3.05) is 25.0 Å². The van der Waals surface area contributed by atoms with Crippen molar-refractivity contribution in [2.24, 2.45) is 0 Å². The summed E-state index contributed by atoms with van der Waals surface area (Å²) in [5, 5.41) is 0. The van der Waals surface area contributed by atoms with Crippen LogP contribution in [0.25, 0.3) is 0 Å². The van der Waals surface area contributed by atoms with Crippen LogP contribution in [0, 0.1) is 0 Å². The maximum Gasteiger partial charge on any atom is 0.243 e. The standard InChI is InChI=1S/C16H20N4O2S/c1-19(13-14-12-17-8-9-18-14)15-4-6-16(7-5-15)23(21,22)20-10-2-3-11-20/h4-9,12H,2-3,10-11,13H2,1H3. The molecule has 23 heavy (non-hydrogen) atoms. The molecule has 0 N–H and O–H groups in total. The number of hydrogen-bond donors (Lipinski definition) is 0. The summed E-state index contributed by atoms with van der Waals surface area (Å²) in [4.78, 5) is 10.7. The Labute approximate surface area is 136 Å². The van der Waals surface area contributed by atoms with Gasteiger partial charge in [0, 0.05) is 38.2 Å². The van der Waals surface area contributed by atoms with E-state index in [-0.39, 0.29) is 0 Å². The van der Waals surface area contributed by atoms with E-state index in [4.69, 9.17) is 0 Å². The Morgan fingerprint density at radius 2 is 1.83 bits per heavy atom. The molecule has 122 valence electrons. The van der Waals surface area contributed by atoms with Gasteiger partial charge in [0.1, 0.15) is 0 Å². The van der Waals surface area contributed by atoms with Gasteiger partial charge in [-0.25, -0.2) is 8.42 Å². The van der Waals surface area contributed by atoms with Gasteiger partial charge in [-0.1, -0.05) is 0 Å². The van der Waals surface area contributed by atoms with Gasteiger partial charge in [0.15, 0.2) is 0 Å². The molecule has 2 heterocycles. The molecule has 1 aromatic heterocycles. The molecule has 3 rings (SSSR count). The molecule has 1 aliphatic heterocycles. The molecule has 0 unspecified atom stereocenters. The molecular weight excluding hydrogens is 312 g/mol. The van der Waals surface area contributed by atoms with Crippen molar-refractivity contribution >= 4 is 15.7 Å². The first-order valence-electron chi connectivity index (χ1n) is 7.63. The zero-order valence-corrected chi connectivity index (χ0v) is 13.9. The molecule has 1 aliphatic rings. The van der Waals surface area contributed by atoms with Crippen LogP contribution in [-0.4, -0.2) is 42.8 Å². The molecular formula is C16H20N4O2S. The van der Waals surface area contributed by atoms with Crippen LogP contribution in [0.3, 0.4) is 0 Å². The number of nitrogens with zero attached hydrogens (tertiary/aromatic N) is 4. The number of aromatic nitrogens is 2. The Balaban J connectivity index is 1.74. The van der Waals surface area contributed by atoms with Crippen molar-refractivity contribution in [1.29, 1.82) is 0 Å². The van der Waals surface area contributed by atoms with Crippen LogP contribution in [0.2, 0.25) is 0 Å².